The van der Waals surface area contributed by atoms with Crippen molar-refractivity contribution in [2.24, 2.45) is 5.73 Å². The number of benzene rings is 1. The Hall–Kier alpha value is -0.240. The van der Waals surface area contributed by atoms with Crippen LogP contribution >= 0.6 is 23.2 Å². The van der Waals surface area contributed by atoms with Crippen LogP contribution in [0, 0.1) is 0 Å². The highest BCUT2D eigenvalue weighted by Gasteiger charge is 2.23. The summed E-state index contributed by atoms with van der Waals surface area (Å²) in [6.45, 7) is 0. The molecular weight excluding hydrogens is 217 g/mol. The molecule has 0 saturated heterocycles. The van der Waals surface area contributed by atoms with Crippen molar-refractivity contribution in [2.75, 3.05) is 0 Å². The first-order valence-corrected chi connectivity index (χ1v) is 5.63. The summed E-state index contributed by atoms with van der Waals surface area (Å²) in [5.41, 5.74) is 7.14. The predicted octanol–water partition coefficient (Wildman–Crippen LogP) is 3.59. The fraction of sp³-hybridized carbons (Fsp3) is 0.455. The zero-order valence-electron chi connectivity index (χ0n) is 7.84. The minimum atomic E-state index is 0.356. The first kappa shape index (κ1) is 10.3. The van der Waals surface area contributed by atoms with Crippen LogP contribution in [-0.2, 0) is 0 Å². The van der Waals surface area contributed by atoms with E-state index in [1.165, 1.54) is 12.0 Å². The summed E-state index contributed by atoms with van der Waals surface area (Å²) < 4.78 is 0. The van der Waals surface area contributed by atoms with E-state index in [2.05, 4.69) is 6.07 Å². The van der Waals surface area contributed by atoms with E-state index in [-0.39, 0.29) is 0 Å². The third-order valence-corrected chi connectivity index (χ3v) is 3.63. The van der Waals surface area contributed by atoms with Crippen LogP contribution in [-0.4, -0.2) is 6.04 Å². The van der Waals surface area contributed by atoms with Crippen molar-refractivity contribution in [2.45, 2.75) is 31.2 Å². The van der Waals surface area contributed by atoms with Crippen LogP contribution in [0.3, 0.4) is 0 Å². The highest BCUT2D eigenvalue weighted by atomic mass is 35.5. The molecule has 2 atom stereocenters. The number of halogens is 2. The molecular formula is C11H13Cl2N. The Labute approximate surface area is 94.2 Å². The molecule has 2 rings (SSSR count). The summed E-state index contributed by atoms with van der Waals surface area (Å²) in [6.07, 6.45) is 3.35. The van der Waals surface area contributed by atoms with Crippen molar-refractivity contribution < 1.29 is 0 Å². The van der Waals surface area contributed by atoms with Crippen LogP contribution < -0.4 is 5.73 Å². The second-order valence-corrected chi connectivity index (χ2v) is 4.76. The van der Waals surface area contributed by atoms with E-state index >= 15 is 0 Å². The lowest BCUT2D eigenvalue weighted by atomic mass is 9.98. The maximum atomic E-state index is 5.97. The van der Waals surface area contributed by atoms with Gasteiger partial charge in [0.05, 0.1) is 10.0 Å². The molecule has 0 radical (unpaired) electrons. The van der Waals surface area contributed by atoms with E-state index in [0.29, 0.717) is 22.0 Å². The molecule has 2 N–H and O–H groups in total. The molecule has 1 nitrogen and oxygen atoms in total. The van der Waals surface area contributed by atoms with Gasteiger partial charge in [0.25, 0.3) is 0 Å². The lowest BCUT2D eigenvalue weighted by Gasteiger charge is -2.10. The van der Waals surface area contributed by atoms with Crippen LogP contribution in [0.25, 0.3) is 0 Å². The maximum absolute atomic E-state index is 5.97. The van der Waals surface area contributed by atoms with Gasteiger partial charge >= 0.3 is 0 Å². The molecule has 1 fully saturated rings. The Morgan fingerprint density at radius 2 is 1.93 bits per heavy atom. The minimum absolute atomic E-state index is 0.356. The van der Waals surface area contributed by atoms with Gasteiger partial charge in [0.2, 0.25) is 0 Å². The second kappa shape index (κ2) is 4.09. The van der Waals surface area contributed by atoms with Crippen molar-refractivity contribution in [1.29, 1.82) is 0 Å². The van der Waals surface area contributed by atoms with Crippen molar-refractivity contribution in [3.8, 4) is 0 Å². The molecule has 1 saturated carbocycles. The molecule has 1 aliphatic carbocycles. The standard InChI is InChI=1S/C11H13Cl2N/c12-10-4-2-8(6-11(10)13)7-1-3-9(14)5-7/h2,4,6-7,9H,1,3,5,14H2/t7-,9+/m0/s1. The lowest BCUT2D eigenvalue weighted by Crippen LogP contribution is -2.14. The third-order valence-electron chi connectivity index (χ3n) is 2.89. The lowest BCUT2D eigenvalue weighted by molar-refractivity contribution is 0.675. The van der Waals surface area contributed by atoms with Crippen LogP contribution in [0.15, 0.2) is 18.2 Å². The largest absolute Gasteiger partial charge is 0.328 e. The zero-order valence-corrected chi connectivity index (χ0v) is 9.35. The third kappa shape index (κ3) is 2.05. The van der Waals surface area contributed by atoms with Crippen molar-refractivity contribution in [3.63, 3.8) is 0 Å². The van der Waals surface area contributed by atoms with Gasteiger partial charge in [-0.15, -0.1) is 0 Å². The molecule has 0 aromatic heterocycles. The molecule has 0 aliphatic heterocycles. The molecule has 1 aliphatic rings. The van der Waals surface area contributed by atoms with Gasteiger partial charge in [-0.3, -0.25) is 0 Å². The van der Waals surface area contributed by atoms with Gasteiger partial charge in [-0.05, 0) is 42.9 Å². The summed E-state index contributed by atoms with van der Waals surface area (Å²) in [5, 5.41) is 1.27. The van der Waals surface area contributed by atoms with Crippen LogP contribution in [0.5, 0.6) is 0 Å². The number of nitrogens with two attached hydrogens (primary N) is 1. The molecule has 1 aromatic rings. The first-order valence-electron chi connectivity index (χ1n) is 4.87. The Bertz CT molecular complexity index is 338. The summed E-state index contributed by atoms with van der Waals surface area (Å²) in [6, 6.07) is 6.24. The van der Waals surface area contributed by atoms with Crippen molar-refractivity contribution in [1.82, 2.24) is 0 Å². The van der Waals surface area contributed by atoms with E-state index < -0.39 is 0 Å². The Morgan fingerprint density at radius 1 is 1.14 bits per heavy atom. The number of hydrogen-bond acceptors (Lipinski definition) is 1. The first-order chi connectivity index (χ1) is 6.66. The van der Waals surface area contributed by atoms with Gasteiger partial charge in [0.1, 0.15) is 0 Å². The zero-order chi connectivity index (χ0) is 10.1. The smallest absolute Gasteiger partial charge is 0.0595 e. The minimum Gasteiger partial charge on any atom is -0.328 e. The quantitative estimate of drug-likeness (QED) is 0.783. The van der Waals surface area contributed by atoms with E-state index in [9.17, 15) is 0 Å². The normalized spacial score (nSPS) is 26.8. The average molecular weight is 230 g/mol. The fourth-order valence-electron chi connectivity index (χ4n) is 2.09. The summed E-state index contributed by atoms with van der Waals surface area (Å²) in [5.74, 6) is 0.569. The van der Waals surface area contributed by atoms with Gasteiger partial charge in [-0.25, -0.2) is 0 Å². The monoisotopic (exact) mass is 229 g/mol. The molecule has 0 spiro atoms. The van der Waals surface area contributed by atoms with Gasteiger partial charge in [0.15, 0.2) is 0 Å². The molecule has 0 amide bonds. The van der Waals surface area contributed by atoms with Crippen LogP contribution in [0.2, 0.25) is 10.0 Å². The average Bonchev–Trinajstić information content (AvgIpc) is 2.57. The number of hydrogen-bond donors (Lipinski definition) is 1. The highest BCUT2D eigenvalue weighted by molar-refractivity contribution is 6.42. The van der Waals surface area contributed by atoms with Crippen molar-refractivity contribution in [3.05, 3.63) is 33.8 Å². The molecule has 0 unspecified atom stereocenters. The number of rotatable bonds is 1. The molecule has 1 aromatic carbocycles. The van der Waals surface area contributed by atoms with Crippen molar-refractivity contribution >= 4 is 23.2 Å². The Kier molecular flexibility index (Phi) is 3.01. The van der Waals surface area contributed by atoms with Crippen LogP contribution in [0.1, 0.15) is 30.7 Å². The summed E-state index contributed by atoms with van der Waals surface area (Å²) >= 11 is 11.8. The van der Waals surface area contributed by atoms with E-state index in [1.54, 1.807) is 0 Å². The van der Waals surface area contributed by atoms with E-state index in [0.717, 1.165) is 12.8 Å². The summed E-state index contributed by atoms with van der Waals surface area (Å²) in [4.78, 5) is 0. The molecule has 0 bridgehead atoms. The van der Waals surface area contributed by atoms with Gasteiger partial charge in [-0.1, -0.05) is 29.3 Å². The van der Waals surface area contributed by atoms with E-state index in [4.69, 9.17) is 28.9 Å². The SMILES string of the molecule is N[C@@H]1CC[C@H](c2ccc(Cl)c(Cl)c2)C1. The molecule has 14 heavy (non-hydrogen) atoms. The maximum Gasteiger partial charge on any atom is 0.0595 e. The second-order valence-electron chi connectivity index (χ2n) is 3.94. The highest BCUT2D eigenvalue weighted by Crippen LogP contribution is 2.35. The molecule has 0 heterocycles. The predicted molar refractivity (Wildman–Crippen MR) is 61.0 cm³/mol. The molecule has 3 heteroatoms. The topological polar surface area (TPSA) is 26.0 Å². The van der Waals surface area contributed by atoms with Gasteiger partial charge < -0.3 is 5.73 Å². The fourth-order valence-corrected chi connectivity index (χ4v) is 2.39. The molecule has 76 valence electrons. The van der Waals surface area contributed by atoms with Gasteiger partial charge in [-0.2, -0.15) is 0 Å². The van der Waals surface area contributed by atoms with Gasteiger partial charge in [0, 0.05) is 6.04 Å². The summed E-state index contributed by atoms with van der Waals surface area (Å²) in [7, 11) is 0. The Morgan fingerprint density at radius 3 is 2.50 bits per heavy atom. The van der Waals surface area contributed by atoms with E-state index in [1.807, 2.05) is 12.1 Å². The Balaban J connectivity index is 2.20. The van der Waals surface area contributed by atoms with Crippen LogP contribution in [0.4, 0.5) is 0 Å².